The minimum absolute atomic E-state index is 0.0792. The second-order valence-corrected chi connectivity index (χ2v) is 11.5. The fraction of sp³-hybridized carbons (Fsp3) is 0.710. The average Bonchev–Trinajstić information content (AvgIpc) is 3.02. The lowest BCUT2D eigenvalue weighted by Crippen LogP contribution is -2.51. The summed E-state index contributed by atoms with van der Waals surface area (Å²) < 4.78 is 0. The molecule has 48 heavy (non-hydrogen) atoms. The number of nitrogens with two attached hydrogens (primary N) is 1. The van der Waals surface area contributed by atoms with Crippen LogP contribution in [0, 0.1) is 11.8 Å². The van der Waals surface area contributed by atoms with Gasteiger partial charge in [-0.05, 0) is 44.9 Å². The summed E-state index contributed by atoms with van der Waals surface area (Å²) in [6.07, 6.45) is -1.23. The topological polar surface area (TPSA) is 297 Å². The van der Waals surface area contributed by atoms with Gasteiger partial charge in [0, 0.05) is 56.9 Å². The number of carbonyl (C=O) groups excluding carboxylic acids is 5. The van der Waals surface area contributed by atoms with Crippen LogP contribution in [0.3, 0.4) is 0 Å². The van der Waals surface area contributed by atoms with Crippen molar-refractivity contribution in [1.82, 2.24) is 16.0 Å². The summed E-state index contributed by atoms with van der Waals surface area (Å²) in [5, 5.41) is 43.6. The van der Waals surface area contributed by atoms with Crippen molar-refractivity contribution in [3.63, 3.8) is 0 Å². The van der Waals surface area contributed by atoms with Crippen molar-refractivity contribution in [2.45, 2.75) is 122 Å². The molecule has 0 saturated carbocycles. The van der Waals surface area contributed by atoms with Crippen LogP contribution in [0.4, 0.5) is 0 Å². The fourth-order valence-corrected chi connectivity index (χ4v) is 4.84. The van der Waals surface area contributed by atoms with Crippen LogP contribution >= 0.6 is 0 Å². The molecule has 0 rings (SSSR count). The van der Waals surface area contributed by atoms with Gasteiger partial charge in [-0.1, -0.05) is 20.3 Å². The highest BCUT2D eigenvalue weighted by Crippen LogP contribution is 2.18. The van der Waals surface area contributed by atoms with Gasteiger partial charge in [0.25, 0.3) is 0 Å². The summed E-state index contributed by atoms with van der Waals surface area (Å²) in [7, 11) is 0. The van der Waals surface area contributed by atoms with E-state index >= 15 is 0 Å². The van der Waals surface area contributed by atoms with Crippen molar-refractivity contribution in [1.29, 1.82) is 0 Å². The molecule has 0 saturated heterocycles. The number of aliphatic carboxylic acids is 4. The van der Waals surface area contributed by atoms with Crippen LogP contribution in [-0.2, 0) is 43.2 Å². The maximum Gasteiger partial charge on any atom is 0.303 e. The molecule has 0 aliphatic carbocycles. The van der Waals surface area contributed by atoms with E-state index in [0.29, 0.717) is 32.1 Å². The Kier molecular flexibility index (Phi) is 21.6. The monoisotopic (exact) mass is 686 g/mol. The van der Waals surface area contributed by atoms with Gasteiger partial charge in [-0.25, -0.2) is 0 Å². The number of hydrogen-bond acceptors (Lipinski definition) is 10. The lowest BCUT2D eigenvalue weighted by molar-refractivity contribution is -0.140. The third-order valence-electron chi connectivity index (χ3n) is 7.74. The van der Waals surface area contributed by atoms with Crippen LogP contribution in [0.15, 0.2) is 0 Å². The number of carboxylic acids is 4. The third-order valence-corrected chi connectivity index (χ3v) is 7.74. The van der Waals surface area contributed by atoms with Crippen molar-refractivity contribution in [2.75, 3.05) is 6.54 Å². The van der Waals surface area contributed by atoms with Gasteiger partial charge in [0.2, 0.25) is 17.7 Å². The van der Waals surface area contributed by atoms with Crippen molar-refractivity contribution in [2.24, 2.45) is 17.6 Å². The van der Waals surface area contributed by atoms with Crippen LogP contribution in [0.1, 0.15) is 104 Å². The zero-order chi connectivity index (χ0) is 36.8. The molecule has 272 valence electrons. The number of nitrogens with one attached hydrogen (secondary N) is 3. The number of Topliss-reactive ketones (excluding diaryl/α,β-unsaturated/α-hetero) is 2. The Morgan fingerprint density at radius 2 is 1.06 bits per heavy atom. The molecule has 0 unspecified atom stereocenters. The molecule has 0 aliphatic rings. The molecule has 0 aliphatic heterocycles. The summed E-state index contributed by atoms with van der Waals surface area (Å²) in [5.41, 5.74) is 5.70. The predicted molar refractivity (Wildman–Crippen MR) is 168 cm³/mol. The van der Waals surface area contributed by atoms with Gasteiger partial charge >= 0.3 is 23.9 Å². The smallest absolute Gasteiger partial charge is 0.303 e. The summed E-state index contributed by atoms with van der Waals surface area (Å²) >= 11 is 0. The van der Waals surface area contributed by atoms with E-state index in [1.54, 1.807) is 6.92 Å². The Hall–Kier alpha value is -4.41. The molecular weight excluding hydrogens is 636 g/mol. The highest BCUT2D eigenvalue weighted by Gasteiger charge is 2.32. The maximum absolute atomic E-state index is 13.3. The first-order valence-corrected chi connectivity index (χ1v) is 16.1. The first kappa shape index (κ1) is 43.6. The molecule has 9 N–H and O–H groups in total. The Balaban J connectivity index is 5.74. The second kappa shape index (κ2) is 23.8. The van der Waals surface area contributed by atoms with E-state index in [2.05, 4.69) is 16.0 Å². The van der Waals surface area contributed by atoms with E-state index in [1.165, 1.54) is 0 Å². The van der Waals surface area contributed by atoms with E-state index in [4.69, 9.17) is 21.1 Å². The van der Waals surface area contributed by atoms with Crippen molar-refractivity contribution in [3.05, 3.63) is 0 Å². The van der Waals surface area contributed by atoms with Gasteiger partial charge in [0.05, 0.1) is 12.1 Å². The standard InChI is InChI=1S/C31H50N4O13/c1-3-18(23(36)4-2)7-5-6-16-33-31(48)22(11-15-28(44)45)35-29(46)19(8-12-25(38)39)17-24(37)21(10-14-27(42)43)34-30(47)20(32)9-13-26(40)41/h18-22H,3-17,32H2,1-2H3,(H,33,48)(H,34,47)(H,35,46)(H,38,39)(H,40,41)(H,42,43)(H,44,45)/t18-,19+,20-,21-,22-/m0/s1. The Bertz CT molecular complexity index is 1140. The summed E-state index contributed by atoms with van der Waals surface area (Å²) in [6, 6.07) is -4.15. The molecule has 0 aromatic carbocycles. The highest BCUT2D eigenvalue weighted by atomic mass is 16.4. The fourth-order valence-electron chi connectivity index (χ4n) is 4.84. The molecule has 0 spiro atoms. The number of unbranched alkanes of at least 4 members (excludes halogenated alkanes) is 1. The molecule has 5 atom stereocenters. The Morgan fingerprint density at radius 3 is 1.58 bits per heavy atom. The van der Waals surface area contributed by atoms with Gasteiger partial charge in [-0.15, -0.1) is 0 Å². The van der Waals surface area contributed by atoms with Crippen LogP contribution in [0.2, 0.25) is 0 Å². The van der Waals surface area contributed by atoms with Crippen LogP contribution < -0.4 is 21.7 Å². The van der Waals surface area contributed by atoms with Crippen molar-refractivity contribution >= 4 is 53.2 Å². The summed E-state index contributed by atoms with van der Waals surface area (Å²) in [6.45, 7) is 3.88. The van der Waals surface area contributed by atoms with Gasteiger partial charge in [0.1, 0.15) is 11.8 Å². The van der Waals surface area contributed by atoms with Gasteiger partial charge in [-0.2, -0.15) is 0 Å². The first-order valence-electron chi connectivity index (χ1n) is 16.1. The third kappa shape index (κ3) is 19.3. The minimum Gasteiger partial charge on any atom is -0.481 e. The average molecular weight is 687 g/mol. The predicted octanol–water partition coefficient (Wildman–Crippen LogP) is 0.610. The molecule has 3 amide bonds. The Labute approximate surface area is 278 Å². The molecule has 0 bridgehead atoms. The Morgan fingerprint density at radius 1 is 0.562 bits per heavy atom. The largest absolute Gasteiger partial charge is 0.481 e. The van der Waals surface area contributed by atoms with Gasteiger partial charge in [-0.3, -0.25) is 43.2 Å². The number of amides is 3. The first-order chi connectivity index (χ1) is 22.5. The lowest BCUT2D eigenvalue weighted by Gasteiger charge is -2.24. The van der Waals surface area contributed by atoms with E-state index in [-0.39, 0.29) is 37.5 Å². The summed E-state index contributed by atoms with van der Waals surface area (Å²) in [5.74, 6) is -9.75. The number of rotatable bonds is 28. The highest BCUT2D eigenvalue weighted by molar-refractivity contribution is 5.95. The zero-order valence-electron chi connectivity index (χ0n) is 27.5. The number of carbonyl (C=O) groups is 9. The number of hydrogen-bond donors (Lipinski definition) is 8. The van der Waals surface area contributed by atoms with E-state index in [0.717, 1.165) is 0 Å². The van der Waals surface area contributed by atoms with E-state index in [9.17, 15) is 48.3 Å². The summed E-state index contributed by atoms with van der Waals surface area (Å²) in [4.78, 5) is 109. The molecule has 17 heteroatoms. The zero-order valence-corrected chi connectivity index (χ0v) is 27.5. The number of carboxylic acid groups (broad SMARTS) is 4. The normalized spacial score (nSPS) is 14.0. The van der Waals surface area contributed by atoms with Gasteiger partial charge < -0.3 is 42.1 Å². The minimum atomic E-state index is -1.46. The van der Waals surface area contributed by atoms with Gasteiger partial charge in [0.15, 0.2) is 5.78 Å². The van der Waals surface area contributed by atoms with Crippen molar-refractivity contribution < 1.29 is 63.6 Å². The molecule has 0 aromatic rings. The van der Waals surface area contributed by atoms with Crippen LogP contribution in [-0.4, -0.2) is 98.3 Å². The molecule has 0 radical (unpaired) electrons. The molecule has 0 fully saturated rings. The quantitative estimate of drug-likeness (QED) is 0.0523. The maximum atomic E-state index is 13.3. The van der Waals surface area contributed by atoms with Crippen LogP contribution in [0.25, 0.3) is 0 Å². The van der Waals surface area contributed by atoms with Crippen LogP contribution in [0.5, 0.6) is 0 Å². The SMILES string of the molecule is CCC(=O)[C@@H](CC)CCCCNC(=O)[C@H](CCC(=O)O)NC(=O)[C@H](CCC(=O)O)CC(=O)[C@H](CCC(=O)O)NC(=O)[C@@H](N)CCC(=O)O. The van der Waals surface area contributed by atoms with E-state index in [1.807, 2.05) is 6.92 Å². The molecule has 17 nitrogen and oxygen atoms in total. The number of ketones is 2. The van der Waals surface area contributed by atoms with E-state index < -0.39 is 110 Å². The molecular formula is C31H50N4O13. The van der Waals surface area contributed by atoms with Crippen molar-refractivity contribution in [3.8, 4) is 0 Å². The molecule has 0 aromatic heterocycles. The lowest BCUT2D eigenvalue weighted by atomic mass is 9.91. The second-order valence-electron chi connectivity index (χ2n) is 11.5. The molecule has 0 heterocycles.